The van der Waals surface area contributed by atoms with Crippen molar-refractivity contribution in [1.29, 1.82) is 0 Å². The van der Waals surface area contributed by atoms with Gasteiger partial charge in [0.2, 0.25) is 0 Å². The summed E-state index contributed by atoms with van der Waals surface area (Å²) < 4.78 is 2.06. The minimum Gasteiger partial charge on any atom is -0.356 e. The lowest BCUT2D eigenvalue weighted by Crippen LogP contribution is -2.40. The molecule has 0 saturated heterocycles. The molecule has 0 fully saturated rings. The average Bonchev–Trinajstić information content (AvgIpc) is 3.20. The van der Waals surface area contributed by atoms with Crippen LogP contribution in [0.15, 0.2) is 65.9 Å². The lowest BCUT2D eigenvalue weighted by atomic mass is 10.1. The number of aromatic nitrogens is 3. The Bertz CT molecular complexity index is 913. The van der Waals surface area contributed by atoms with Crippen LogP contribution < -0.4 is 10.6 Å². The Morgan fingerprint density at radius 2 is 1.80 bits per heavy atom. The minimum atomic E-state index is 0. The third kappa shape index (κ3) is 7.95. The molecule has 0 unspecified atom stereocenters. The monoisotopic (exact) mass is 538 g/mol. The molecule has 1 heterocycles. The molecule has 8 heteroatoms. The molecule has 30 heavy (non-hydrogen) atoms. The molecule has 3 rings (SSSR count). The van der Waals surface area contributed by atoms with E-state index in [4.69, 9.17) is 16.6 Å². The maximum absolute atomic E-state index is 6.09. The molecular formula is C22H28ClIN6. The molecule has 0 radical (unpaired) electrons. The van der Waals surface area contributed by atoms with Crippen LogP contribution in [0.4, 0.5) is 0 Å². The first-order chi connectivity index (χ1) is 14.2. The van der Waals surface area contributed by atoms with Gasteiger partial charge in [-0.05, 0) is 29.7 Å². The van der Waals surface area contributed by atoms with Crippen LogP contribution in [0.5, 0.6) is 0 Å². The fourth-order valence-corrected chi connectivity index (χ4v) is 3.20. The summed E-state index contributed by atoms with van der Waals surface area (Å²) in [5.74, 6) is 1.77. The van der Waals surface area contributed by atoms with Crippen molar-refractivity contribution in [3.05, 3.63) is 82.9 Å². The van der Waals surface area contributed by atoms with E-state index in [2.05, 4.69) is 56.6 Å². The number of nitrogens with zero attached hydrogens (tertiary/aromatic N) is 4. The molecule has 0 atom stereocenters. The number of aryl methyl sites for hydroxylation is 1. The lowest BCUT2D eigenvalue weighted by Gasteiger charge is -2.14. The smallest absolute Gasteiger partial charge is 0.191 e. The van der Waals surface area contributed by atoms with Gasteiger partial charge >= 0.3 is 0 Å². The second-order valence-corrected chi connectivity index (χ2v) is 7.11. The number of hydrogen-bond acceptors (Lipinski definition) is 3. The third-order valence-corrected chi connectivity index (χ3v) is 4.75. The van der Waals surface area contributed by atoms with Crippen molar-refractivity contribution in [2.75, 3.05) is 13.1 Å². The normalized spacial score (nSPS) is 11.1. The van der Waals surface area contributed by atoms with Crippen LogP contribution in [-0.4, -0.2) is 33.8 Å². The number of benzene rings is 2. The number of nitrogens with one attached hydrogen (secondary N) is 2. The van der Waals surface area contributed by atoms with E-state index >= 15 is 0 Å². The SMILES string of the molecule is CCc1nncn1CCNC(=NCc1cccc(Cl)c1)NCCc1ccccc1.I. The van der Waals surface area contributed by atoms with Gasteiger partial charge in [-0.2, -0.15) is 0 Å². The van der Waals surface area contributed by atoms with Crippen LogP contribution in [-0.2, 0) is 25.9 Å². The molecule has 0 aliphatic carbocycles. The van der Waals surface area contributed by atoms with Gasteiger partial charge in [0, 0.05) is 31.1 Å². The van der Waals surface area contributed by atoms with E-state index in [-0.39, 0.29) is 24.0 Å². The zero-order valence-corrected chi connectivity index (χ0v) is 20.2. The van der Waals surface area contributed by atoms with E-state index in [1.54, 1.807) is 6.33 Å². The second kappa shape index (κ2) is 13.2. The van der Waals surface area contributed by atoms with Crippen LogP contribution in [0.3, 0.4) is 0 Å². The van der Waals surface area contributed by atoms with Crippen molar-refractivity contribution < 1.29 is 0 Å². The van der Waals surface area contributed by atoms with Gasteiger partial charge in [0.25, 0.3) is 0 Å². The maximum atomic E-state index is 6.09. The molecular weight excluding hydrogens is 511 g/mol. The molecule has 160 valence electrons. The quantitative estimate of drug-likeness (QED) is 0.245. The van der Waals surface area contributed by atoms with Gasteiger partial charge in [-0.15, -0.1) is 34.2 Å². The fraction of sp³-hybridized carbons (Fsp3) is 0.318. The van der Waals surface area contributed by atoms with Crippen LogP contribution in [0, 0.1) is 0 Å². The van der Waals surface area contributed by atoms with Crippen molar-refractivity contribution in [3.8, 4) is 0 Å². The van der Waals surface area contributed by atoms with Crippen molar-refractivity contribution in [2.24, 2.45) is 4.99 Å². The summed E-state index contributed by atoms with van der Waals surface area (Å²) >= 11 is 6.09. The molecule has 6 nitrogen and oxygen atoms in total. The van der Waals surface area contributed by atoms with Gasteiger partial charge in [-0.1, -0.05) is 61.0 Å². The second-order valence-electron chi connectivity index (χ2n) is 6.68. The Hall–Kier alpha value is -2.13. The topological polar surface area (TPSA) is 67.1 Å². The molecule has 0 spiro atoms. The highest BCUT2D eigenvalue weighted by Crippen LogP contribution is 2.11. The molecule has 0 aliphatic heterocycles. The molecule has 0 bridgehead atoms. The first-order valence-electron chi connectivity index (χ1n) is 9.92. The number of hydrogen-bond donors (Lipinski definition) is 2. The van der Waals surface area contributed by atoms with Crippen molar-refractivity contribution >= 4 is 41.5 Å². The van der Waals surface area contributed by atoms with E-state index in [0.717, 1.165) is 54.8 Å². The molecule has 1 aromatic heterocycles. The Morgan fingerprint density at radius 1 is 1.03 bits per heavy atom. The number of rotatable bonds is 9. The Kier molecular flexibility index (Phi) is 10.6. The van der Waals surface area contributed by atoms with Crippen molar-refractivity contribution in [3.63, 3.8) is 0 Å². The van der Waals surface area contributed by atoms with Gasteiger partial charge in [-0.25, -0.2) is 4.99 Å². The van der Waals surface area contributed by atoms with Crippen molar-refractivity contribution in [2.45, 2.75) is 32.9 Å². The first kappa shape index (κ1) is 24.1. The molecule has 0 aliphatic rings. The molecule has 2 N–H and O–H groups in total. The highest BCUT2D eigenvalue weighted by Gasteiger charge is 2.03. The minimum absolute atomic E-state index is 0. The van der Waals surface area contributed by atoms with Gasteiger partial charge < -0.3 is 15.2 Å². The van der Waals surface area contributed by atoms with Crippen LogP contribution in [0.2, 0.25) is 5.02 Å². The number of halogens is 2. The van der Waals surface area contributed by atoms with Gasteiger partial charge in [0.15, 0.2) is 5.96 Å². The molecule has 3 aromatic rings. The summed E-state index contributed by atoms with van der Waals surface area (Å²) in [4.78, 5) is 4.72. The summed E-state index contributed by atoms with van der Waals surface area (Å²) in [6.45, 7) is 4.97. The Labute approximate surface area is 200 Å². The van der Waals surface area contributed by atoms with E-state index in [1.807, 2.05) is 30.3 Å². The molecule has 0 amide bonds. The fourth-order valence-electron chi connectivity index (χ4n) is 2.98. The zero-order chi connectivity index (χ0) is 20.3. The third-order valence-electron chi connectivity index (χ3n) is 4.51. The van der Waals surface area contributed by atoms with Gasteiger partial charge in [0.1, 0.15) is 12.2 Å². The van der Waals surface area contributed by atoms with Crippen molar-refractivity contribution in [1.82, 2.24) is 25.4 Å². The summed E-state index contributed by atoms with van der Waals surface area (Å²) in [6.07, 6.45) is 3.57. The summed E-state index contributed by atoms with van der Waals surface area (Å²) in [6, 6.07) is 18.2. The summed E-state index contributed by atoms with van der Waals surface area (Å²) in [5, 5.41) is 15.7. The van der Waals surface area contributed by atoms with E-state index in [1.165, 1.54) is 5.56 Å². The predicted molar refractivity (Wildman–Crippen MR) is 134 cm³/mol. The highest BCUT2D eigenvalue weighted by atomic mass is 127. The maximum Gasteiger partial charge on any atom is 0.191 e. The van der Waals surface area contributed by atoms with E-state index < -0.39 is 0 Å². The standard InChI is InChI=1S/C22H27ClN6.HI/c1-2-21-28-27-17-29(21)14-13-25-22(24-12-11-18-7-4-3-5-8-18)26-16-19-9-6-10-20(23)15-19;/h3-10,15,17H,2,11-14,16H2,1H3,(H2,24,25,26);1H. The average molecular weight is 539 g/mol. The number of guanidine groups is 1. The lowest BCUT2D eigenvalue weighted by molar-refractivity contribution is 0.631. The van der Waals surface area contributed by atoms with Gasteiger partial charge in [0.05, 0.1) is 6.54 Å². The highest BCUT2D eigenvalue weighted by molar-refractivity contribution is 14.0. The predicted octanol–water partition coefficient (Wildman–Crippen LogP) is 4.09. The van der Waals surface area contributed by atoms with Gasteiger partial charge in [-0.3, -0.25) is 0 Å². The first-order valence-corrected chi connectivity index (χ1v) is 10.3. The summed E-state index contributed by atoms with van der Waals surface area (Å²) in [5.41, 5.74) is 2.38. The van der Waals surface area contributed by atoms with E-state index in [0.29, 0.717) is 6.54 Å². The largest absolute Gasteiger partial charge is 0.356 e. The Balaban J connectivity index is 0.00000320. The van der Waals surface area contributed by atoms with Crippen LogP contribution in [0.25, 0.3) is 0 Å². The van der Waals surface area contributed by atoms with Crippen LogP contribution >= 0.6 is 35.6 Å². The van der Waals surface area contributed by atoms with Crippen LogP contribution in [0.1, 0.15) is 23.9 Å². The molecule has 2 aromatic carbocycles. The number of aliphatic imine (C=N–C) groups is 1. The zero-order valence-electron chi connectivity index (χ0n) is 17.1. The molecule has 0 saturated carbocycles. The summed E-state index contributed by atoms with van der Waals surface area (Å²) in [7, 11) is 0. The van der Waals surface area contributed by atoms with E-state index in [9.17, 15) is 0 Å². The Morgan fingerprint density at radius 3 is 2.57 bits per heavy atom.